The highest BCUT2D eigenvalue weighted by molar-refractivity contribution is 7.86. The molecule has 1 amide bonds. The van der Waals surface area contributed by atoms with E-state index in [2.05, 4.69) is 11.9 Å². The van der Waals surface area contributed by atoms with E-state index in [0.717, 1.165) is 12.2 Å². The van der Waals surface area contributed by atoms with Gasteiger partial charge < -0.3 is 15.2 Å². The predicted octanol–water partition coefficient (Wildman–Crippen LogP) is 0.973. The fourth-order valence-electron chi connectivity index (χ4n) is 2.99. The lowest BCUT2D eigenvalue weighted by atomic mass is 9.98. The number of aryl methyl sites for hydroxylation is 1. The molecule has 1 aromatic rings. The van der Waals surface area contributed by atoms with Crippen LogP contribution in [0.3, 0.4) is 0 Å². The van der Waals surface area contributed by atoms with Crippen LogP contribution in [0.15, 0.2) is 35.4 Å². The third-order valence-electron chi connectivity index (χ3n) is 4.28. The summed E-state index contributed by atoms with van der Waals surface area (Å²) in [4.78, 5) is 24.4. The fourth-order valence-corrected chi connectivity index (χ4v) is 3.90. The topological polar surface area (TPSA) is 133 Å². The Bertz CT molecular complexity index is 937. The van der Waals surface area contributed by atoms with Gasteiger partial charge >= 0.3 is 5.97 Å². The second-order valence-electron chi connectivity index (χ2n) is 6.38. The number of carboxylic acids is 1. The van der Waals surface area contributed by atoms with Crippen LogP contribution in [0.25, 0.3) is 6.08 Å². The smallest absolute Gasteiger partial charge is 0.352 e. The monoisotopic (exact) mass is 410 g/mol. The molecule has 10 heteroatoms. The number of aliphatic carboxylic acids is 1. The zero-order chi connectivity index (χ0) is 21.1. The van der Waals surface area contributed by atoms with Gasteiger partial charge in [-0.25, -0.2) is 4.79 Å². The Morgan fingerprint density at radius 1 is 1.39 bits per heavy atom. The summed E-state index contributed by atoms with van der Waals surface area (Å²) in [5, 5.41) is 11.5. The molecule has 0 bridgehead atoms. The molecule has 0 aromatic heterocycles. The maximum Gasteiger partial charge on any atom is 0.352 e. The summed E-state index contributed by atoms with van der Waals surface area (Å²) in [5.41, 5.74) is 0.320. The third-order valence-corrected chi connectivity index (χ3v) is 5.26. The summed E-state index contributed by atoms with van der Waals surface area (Å²) in [6, 6.07) is 2.58. The number of benzene rings is 1. The van der Waals surface area contributed by atoms with Crippen molar-refractivity contribution in [2.24, 2.45) is 0 Å². The van der Waals surface area contributed by atoms with E-state index in [-0.39, 0.29) is 17.7 Å². The van der Waals surface area contributed by atoms with Gasteiger partial charge in [-0.15, -0.1) is 0 Å². The van der Waals surface area contributed by atoms with Gasteiger partial charge in [-0.05, 0) is 37.3 Å². The molecule has 1 atom stereocenters. The Hall–Kier alpha value is -2.53. The molecule has 28 heavy (non-hydrogen) atoms. The molecule has 9 nitrogen and oxygen atoms in total. The number of hydrogen-bond donors (Lipinski definition) is 3. The number of carbonyl (C=O) groups is 2. The number of hydrogen-bond acceptors (Lipinski definition) is 6. The Morgan fingerprint density at radius 3 is 2.61 bits per heavy atom. The highest BCUT2D eigenvalue weighted by Gasteiger charge is 2.30. The van der Waals surface area contributed by atoms with Crippen molar-refractivity contribution in [2.45, 2.75) is 17.9 Å². The average molecular weight is 410 g/mol. The molecule has 1 saturated heterocycles. The molecule has 0 spiro atoms. The van der Waals surface area contributed by atoms with E-state index in [1.165, 1.54) is 6.07 Å². The molecule has 3 N–H and O–H groups in total. The molecular formula is C18H22N2O7S. The van der Waals surface area contributed by atoms with E-state index < -0.39 is 38.6 Å². The standard InChI is InChI=1S/C18H22N2O7S/c1-4-16(21)19-14(18(22)23)9-12-7-11(2)8-13(17(12)28(24,25)26)15-10-27-6-5-20(15)3/h4,7-9,15H,1,5-6,10H2,2-3H3,(H,19,21)(H,22,23)(H,24,25,26). The molecule has 0 radical (unpaired) electrons. The summed E-state index contributed by atoms with van der Waals surface area (Å²) in [6.45, 7) is 6.22. The molecule has 0 aliphatic carbocycles. The molecule has 1 heterocycles. The second kappa shape index (κ2) is 8.65. The normalized spacial score (nSPS) is 18.5. The fraction of sp³-hybridized carbons (Fsp3) is 0.333. The largest absolute Gasteiger partial charge is 0.477 e. The van der Waals surface area contributed by atoms with Crippen molar-refractivity contribution in [3.63, 3.8) is 0 Å². The lowest BCUT2D eigenvalue weighted by Crippen LogP contribution is -2.37. The maximum atomic E-state index is 12.2. The van der Waals surface area contributed by atoms with Crippen molar-refractivity contribution in [2.75, 3.05) is 26.8 Å². The lowest BCUT2D eigenvalue weighted by Gasteiger charge is -2.34. The van der Waals surface area contributed by atoms with Crippen LogP contribution < -0.4 is 5.32 Å². The average Bonchev–Trinajstić information content (AvgIpc) is 2.59. The number of nitrogens with one attached hydrogen (secondary N) is 1. The zero-order valence-corrected chi connectivity index (χ0v) is 16.3. The van der Waals surface area contributed by atoms with Gasteiger partial charge in [0, 0.05) is 6.54 Å². The third kappa shape index (κ3) is 5.04. The van der Waals surface area contributed by atoms with Crippen LogP contribution in [0.5, 0.6) is 0 Å². The van der Waals surface area contributed by atoms with Crippen LogP contribution in [0.4, 0.5) is 0 Å². The van der Waals surface area contributed by atoms with Gasteiger partial charge in [0.15, 0.2) is 0 Å². The van der Waals surface area contributed by atoms with Gasteiger partial charge in [0.2, 0.25) is 5.91 Å². The van der Waals surface area contributed by atoms with Crippen molar-refractivity contribution in [1.82, 2.24) is 10.2 Å². The zero-order valence-electron chi connectivity index (χ0n) is 15.5. The van der Waals surface area contributed by atoms with E-state index in [9.17, 15) is 27.7 Å². The summed E-state index contributed by atoms with van der Waals surface area (Å²) in [7, 11) is -2.91. The van der Waals surface area contributed by atoms with Gasteiger partial charge in [-0.2, -0.15) is 8.42 Å². The maximum absolute atomic E-state index is 12.2. The van der Waals surface area contributed by atoms with Crippen LogP contribution in [0, 0.1) is 6.92 Å². The molecule has 1 aliphatic rings. The highest BCUT2D eigenvalue weighted by atomic mass is 32.2. The molecule has 1 unspecified atom stereocenters. The minimum absolute atomic E-state index is 0.0572. The Labute approximate surface area is 163 Å². The molecule has 1 aromatic carbocycles. The number of nitrogens with zero attached hydrogens (tertiary/aromatic N) is 1. The molecule has 1 aliphatic heterocycles. The first-order valence-corrected chi connectivity index (χ1v) is 9.77. The first kappa shape index (κ1) is 21.8. The van der Waals surface area contributed by atoms with Crippen molar-refractivity contribution in [3.05, 3.63) is 47.2 Å². The minimum atomic E-state index is -4.71. The van der Waals surface area contributed by atoms with E-state index >= 15 is 0 Å². The van der Waals surface area contributed by atoms with Crippen LogP contribution in [-0.2, 0) is 24.4 Å². The Balaban J connectivity index is 2.73. The van der Waals surface area contributed by atoms with Crippen LogP contribution >= 0.6 is 0 Å². The van der Waals surface area contributed by atoms with Crippen LogP contribution in [0.2, 0.25) is 0 Å². The van der Waals surface area contributed by atoms with E-state index in [4.69, 9.17) is 4.74 Å². The number of morpholine rings is 1. The number of rotatable bonds is 6. The quantitative estimate of drug-likeness (QED) is 0.467. The van der Waals surface area contributed by atoms with E-state index in [0.29, 0.717) is 18.7 Å². The molecule has 2 rings (SSSR count). The Morgan fingerprint density at radius 2 is 2.07 bits per heavy atom. The molecule has 1 fully saturated rings. The SMILES string of the molecule is C=CC(=O)NC(=Cc1cc(C)cc(C2COCCN2C)c1S(=O)(=O)O)C(=O)O. The second-order valence-corrected chi connectivity index (χ2v) is 7.73. The number of ether oxygens (including phenoxy) is 1. The van der Waals surface area contributed by atoms with Gasteiger partial charge in [-0.3, -0.25) is 14.2 Å². The number of carboxylic acid groups (broad SMARTS) is 1. The first-order chi connectivity index (χ1) is 13.0. The molecular weight excluding hydrogens is 388 g/mol. The van der Waals surface area contributed by atoms with Crippen LogP contribution in [0.1, 0.15) is 22.7 Å². The summed E-state index contributed by atoms with van der Waals surface area (Å²) in [5.74, 6) is -2.24. The van der Waals surface area contributed by atoms with Crippen molar-refractivity contribution < 1.29 is 32.4 Å². The summed E-state index contributed by atoms with van der Waals surface area (Å²) >= 11 is 0. The van der Waals surface area contributed by atoms with E-state index in [1.807, 2.05) is 4.90 Å². The summed E-state index contributed by atoms with van der Waals surface area (Å²) in [6.07, 6.45) is 1.88. The minimum Gasteiger partial charge on any atom is -0.477 e. The summed E-state index contributed by atoms with van der Waals surface area (Å²) < 4.78 is 39.7. The first-order valence-electron chi connectivity index (χ1n) is 8.33. The molecule has 152 valence electrons. The van der Waals surface area contributed by atoms with Gasteiger partial charge in [0.05, 0.1) is 19.3 Å². The molecule has 0 saturated carbocycles. The lowest BCUT2D eigenvalue weighted by molar-refractivity contribution is -0.134. The van der Waals surface area contributed by atoms with E-state index in [1.54, 1.807) is 20.0 Å². The number of likely N-dealkylation sites (N-methyl/N-ethyl adjacent to an activating group) is 1. The number of carbonyl (C=O) groups excluding carboxylic acids is 1. The van der Waals surface area contributed by atoms with Gasteiger partial charge in [-0.1, -0.05) is 24.3 Å². The highest BCUT2D eigenvalue weighted by Crippen LogP contribution is 2.33. The van der Waals surface area contributed by atoms with Crippen LogP contribution in [-0.4, -0.2) is 61.7 Å². The van der Waals surface area contributed by atoms with Crippen molar-refractivity contribution in [3.8, 4) is 0 Å². The predicted molar refractivity (Wildman–Crippen MR) is 101 cm³/mol. The van der Waals surface area contributed by atoms with Crippen molar-refractivity contribution in [1.29, 1.82) is 0 Å². The Kier molecular flexibility index (Phi) is 6.73. The van der Waals surface area contributed by atoms with Gasteiger partial charge in [0.25, 0.3) is 10.1 Å². The number of amides is 1. The van der Waals surface area contributed by atoms with Gasteiger partial charge in [0.1, 0.15) is 10.6 Å². The van der Waals surface area contributed by atoms with Crippen molar-refractivity contribution >= 4 is 28.1 Å².